The molecule has 0 unspecified atom stereocenters. The van der Waals surface area contributed by atoms with Crippen molar-refractivity contribution in [1.82, 2.24) is 0 Å². The monoisotopic (exact) mass is 303 g/mol. The van der Waals surface area contributed by atoms with Gasteiger partial charge >= 0.3 is 104 Å². The molecule has 1 aliphatic heterocycles. The van der Waals surface area contributed by atoms with Crippen LogP contribution in [0.2, 0.25) is 0 Å². The van der Waals surface area contributed by atoms with Gasteiger partial charge in [-0.15, -0.1) is 0 Å². The van der Waals surface area contributed by atoms with E-state index in [0.717, 1.165) is 25.9 Å². The van der Waals surface area contributed by atoms with Crippen molar-refractivity contribution >= 4 is 30.7 Å². The molecule has 0 atom stereocenters. The number of piperidine rings is 1. The minimum absolute atomic E-state index is 0.0562. The van der Waals surface area contributed by atoms with Crippen LogP contribution in [0.4, 0.5) is 10.2 Å². The van der Waals surface area contributed by atoms with E-state index < -0.39 is 10.8 Å². The van der Waals surface area contributed by atoms with E-state index in [4.69, 9.17) is 5.73 Å². The zero-order chi connectivity index (χ0) is 12.4. The van der Waals surface area contributed by atoms with Crippen molar-refractivity contribution < 1.29 is 9.72 Å². The third kappa shape index (κ3) is 2.50. The molecule has 1 amide bonds. The van der Waals surface area contributed by atoms with Gasteiger partial charge in [0.25, 0.3) is 0 Å². The SMILES string of the molecule is NC(=O)c1cc([N+](=O)[O-])c(N2CCCCC2)[se]1. The molecular weight excluding hydrogens is 289 g/mol. The summed E-state index contributed by atoms with van der Waals surface area (Å²) in [6.45, 7) is 1.68. The third-order valence-corrected chi connectivity index (χ3v) is 5.29. The molecule has 2 N–H and O–H groups in total. The molecule has 0 radical (unpaired) electrons. The van der Waals surface area contributed by atoms with E-state index in [1.165, 1.54) is 12.5 Å². The van der Waals surface area contributed by atoms with E-state index >= 15 is 0 Å². The second-order valence-electron chi connectivity index (χ2n) is 3.97. The summed E-state index contributed by atoms with van der Waals surface area (Å²) >= 11 is -0.314. The fourth-order valence-electron chi connectivity index (χ4n) is 1.95. The number of amides is 1. The van der Waals surface area contributed by atoms with Crippen LogP contribution in [0.25, 0.3) is 0 Å². The number of anilines is 1. The molecule has 1 aromatic rings. The second kappa shape index (κ2) is 4.89. The Labute approximate surface area is 104 Å². The normalized spacial score (nSPS) is 15.9. The summed E-state index contributed by atoms with van der Waals surface area (Å²) in [5.41, 5.74) is 5.25. The third-order valence-electron chi connectivity index (χ3n) is 2.78. The number of nitro groups is 1. The number of nitrogens with two attached hydrogens (primary N) is 1. The van der Waals surface area contributed by atoms with Crippen molar-refractivity contribution in [2.45, 2.75) is 19.3 Å². The molecule has 1 aliphatic rings. The molecule has 1 aromatic heterocycles. The Morgan fingerprint density at radius 2 is 2.06 bits per heavy atom. The molecule has 1 fully saturated rings. The van der Waals surface area contributed by atoms with Gasteiger partial charge in [-0.1, -0.05) is 0 Å². The number of carbonyl (C=O) groups excluding carboxylic acids is 1. The molecule has 2 heterocycles. The molecule has 0 aromatic carbocycles. The van der Waals surface area contributed by atoms with Crippen LogP contribution in [0, 0.1) is 10.1 Å². The van der Waals surface area contributed by atoms with Crippen LogP contribution in [0.3, 0.4) is 0 Å². The minimum atomic E-state index is -0.545. The van der Waals surface area contributed by atoms with E-state index in [9.17, 15) is 14.9 Å². The van der Waals surface area contributed by atoms with E-state index in [2.05, 4.69) is 0 Å². The predicted molar refractivity (Wildman–Crippen MR) is 64.6 cm³/mol. The Bertz CT molecular complexity index is 452. The van der Waals surface area contributed by atoms with Gasteiger partial charge in [0.05, 0.1) is 0 Å². The maximum absolute atomic E-state index is 11.1. The number of rotatable bonds is 3. The topological polar surface area (TPSA) is 89.5 Å². The van der Waals surface area contributed by atoms with Crippen LogP contribution in [0.15, 0.2) is 6.07 Å². The fourth-order valence-corrected chi connectivity index (χ4v) is 4.11. The number of nitrogens with zero attached hydrogens (tertiary/aromatic N) is 2. The first-order valence-electron chi connectivity index (χ1n) is 5.42. The predicted octanol–water partition coefficient (Wildman–Crippen LogP) is 0.741. The zero-order valence-corrected chi connectivity index (χ0v) is 10.9. The zero-order valence-electron chi connectivity index (χ0n) is 9.22. The van der Waals surface area contributed by atoms with Crippen LogP contribution in [0.1, 0.15) is 28.5 Å². The van der Waals surface area contributed by atoms with Crippen LogP contribution in [-0.2, 0) is 0 Å². The van der Waals surface area contributed by atoms with Crippen molar-refractivity contribution in [3.05, 3.63) is 20.6 Å². The summed E-state index contributed by atoms with van der Waals surface area (Å²) in [6.07, 6.45) is 3.27. The molecule has 0 spiro atoms. The number of hydrogen-bond acceptors (Lipinski definition) is 4. The Morgan fingerprint density at radius 1 is 1.41 bits per heavy atom. The molecule has 0 aliphatic carbocycles. The molecule has 2 rings (SSSR count). The van der Waals surface area contributed by atoms with Gasteiger partial charge in [0.15, 0.2) is 0 Å². The molecule has 0 saturated carbocycles. The van der Waals surface area contributed by atoms with Gasteiger partial charge in [-0.05, 0) is 0 Å². The van der Waals surface area contributed by atoms with E-state index in [-0.39, 0.29) is 20.2 Å². The molecule has 92 valence electrons. The maximum atomic E-state index is 11.1. The Hall–Kier alpha value is -1.33. The van der Waals surface area contributed by atoms with Gasteiger partial charge in [-0.25, -0.2) is 0 Å². The molecule has 0 bridgehead atoms. The van der Waals surface area contributed by atoms with Crippen molar-refractivity contribution in [3.8, 4) is 0 Å². The van der Waals surface area contributed by atoms with E-state index in [1.54, 1.807) is 0 Å². The number of hydrogen-bond donors (Lipinski definition) is 1. The Kier molecular flexibility index (Phi) is 3.49. The standard InChI is InChI=1S/C10H13N3O3Se/c11-9(14)8-6-7(13(15)16)10(17-8)12-4-2-1-3-5-12/h6H,1-5H2,(H2,11,14). The van der Waals surface area contributed by atoms with E-state index in [0.29, 0.717) is 9.00 Å². The van der Waals surface area contributed by atoms with Gasteiger partial charge in [0.1, 0.15) is 0 Å². The molecule has 7 heteroatoms. The van der Waals surface area contributed by atoms with Crippen molar-refractivity contribution in [2.24, 2.45) is 5.73 Å². The first-order valence-corrected chi connectivity index (χ1v) is 7.14. The van der Waals surface area contributed by atoms with Crippen LogP contribution in [-0.4, -0.2) is 38.4 Å². The Morgan fingerprint density at radius 3 is 2.59 bits per heavy atom. The van der Waals surface area contributed by atoms with Gasteiger partial charge in [-0.3, -0.25) is 0 Å². The van der Waals surface area contributed by atoms with Crippen molar-refractivity contribution in [2.75, 3.05) is 18.0 Å². The van der Waals surface area contributed by atoms with Gasteiger partial charge in [0, 0.05) is 0 Å². The quantitative estimate of drug-likeness (QED) is 0.506. The average Bonchev–Trinajstić information content (AvgIpc) is 2.75. The summed E-state index contributed by atoms with van der Waals surface area (Å²) in [7, 11) is 0. The average molecular weight is 302 g/mol. The number of primary amides is 1. The number of carbonyl (C=O) groups is 1. The molecule has 17 heavy (non-hydrogen) atoms. The van der Waals surface area contributed by atoms with Gasteiger partial charge < -0.3 is 0 Å². The molecular formula is C10H13N3O3Se. The van der Waals surface area contributed by atoms with Gasteiger partial charge in [0.2, 0.25) is 0 Å². The fraction of sp³-hybridized carbons (Fsp3) is 0.500. The second-order valence-corrected chi connectivity index (χ2v) is 6.13. The summed E-state index contributed by atoms with van der Waals surface area (Å²) < 4.78 is 1.10. The molecule has 1 saturated heterocycles. The van der Waals surface area contributed by atoms with E-state index in [1.807, 2.05) is 4.90 Å². The van der Waals surface area contributed by atoms with Crippen LogP contribution >= 0.6 is 0 Å². The first-order chi connectivity index (χ1) is 8.09. The summed E-state index contributed by atoms with van der Waals surface area (Å²) in [4.78, 5) is 23.7. The Balaban J connectivity index is 2.36. The van der Waals surface area contributed by atoms with Crippen molar-refractivity contribution in [3.63, 3.8) is 0 Å². The van der Waals surface area contributed by atoms with Crippen molar-refractivity contribution in [1.29, 1.82) is 0 Å². The van der Waals surface area contributed by atoms with Crippen LogP contribution < -0.4 is 10.6 Å². The van der Waals surface area contributed by atoms with Gasteiger partial charge in [-0.2, -0.15) is 0 Å². The summed E-state index contributed by atoms with van der Waals surface area (Å²) in [6, 6.07) is 1.34. The first kappa shape index (κ1) is 12.1. The summed E-state index contributed by atoms with van der Waals surface area (Å²) in [5, 5.41) is 11.0. The molecule has 6 nitrogen and oxygen atoms in total. The summed E-state index contributed by atoms with van der Waals surface area (Å²) in [5.74, 6) is -0.545. The van der Waals surface area contributed by atoms with Crippen LogP contribution in [0.5, 0.6) is 0 Å².